The van der Waals surface area contributed by atoms with E-state index < -0.39 is 22.3 Å². The van der Waals surface area contributed by atoms with Gasteiger partial charge < -0.3 is 10.1 Å². The molecule has 2 aromatic heterocycles. The third-order valence-corrected chi connectivity index (χ3v) is 5.90. The number of nitrogens with one attached hydrogen (secondary N) is 1. The Bertz CT molecular complexity index is 1450. The van der Waals surface area contributed by atoms with Crippen LogP contribution in [0.2, 0.25) is 0 Å². The van der Waals surface area contributed by atoms with Gasteiger partial charge in [-0.3, -0.25) is 28.7 Å². The minimum Gasteiger partial charge on any atom is -0.385 e. The lowest BCUT2D eigenvalue weighted by Crippen LogP contribution is -2.24. The van der Waals surface area contributed by atoms with Gasteiger partial charge in [-0.15, -0.1) is 10.2 Å². The van der Waals surface area contributed by atoms with E-state index in [1.165, 1.54) is 10.6 Å². The Morgan fingerprint density at radius 3 is 2.82 bits per heavy atom. The van der Waals surface area contributed by atoms with E-state index in [1.807, 2.05) is 0 Å². The second-order valence-corrected chi connectivity index (χ2v) is 8.14. The molecule has 13 heteroatoms. The van der Waals surface area contributed by atoms with Gasteiger partial charge in [0.25, 0.3) is 5.56 Å². The first-order chi connectivity index (χ1) is 16.4. The smallest absolute Gasteiger partial charge is 0.306 e. The van der Waals surface area contributed by atoms with Crippen molar-refractivity contribution in [3.05, 3.63) is 68.7 Å². The van der Waals surface area contributed by atoms with Crippen molar-refractivity contribution >= 4 is 45.7 Å². The molecule has 4 aromatic rings. The quantitative estimate of drug-likeness (QED) is 0.165. The van der Waals surface area contributed by atoms with Crippen LogP contribution in [0, 0.1) is 15.9 Å². The zero-order valence-corrected chi connectivity index (χ0v) is 18.7. The largest absolute Gasteiger partial charge is 0.385 e. The van der Waals surface area contributed by atoms with Crippen LogP contribution in [0.4, 0.5) is 15.8 Å². The topological polar surface area (TPSA) is 134 Å². The van der Waals surface area contributed by atoms with E-state index >= 15 is 0 Å². The Balaban J connectivity index is 1.60. The highest BCUT2D eigenvalue weighted by Gasteiger charge is 2.19. The predicted octanol–water partition coefficient (Wildman–Crippen LogP) is 2.86. The van der Waals surface area contributed by atoms with Crippen molar-refractivity contribution in [3.8, 4) is 0 Å². The van der Waals surface area contributed by atoms with E-state index in [0.717, 1.165) is 23.9 Å². The van der Waals surface area contributed by atoms with Crippen molar-refractivity contribution in [3.63, 3.8) is 0 Å². The van der Waals surface area contributed by atoms with E-state index in [2.05, 4.69) is 15.5 Å². The number of aryl methyl sites for hydroxylation is 1. The number of anilines is 1. The van der Waals surface area contributed by atoms with Gasteiger partial charge in [-0.25, -0.2) is 0 Å². The number of carbonyl (C=O) groups excluding carboxylic acids is 1. The first-order valence-corrected chi connectivity index (χ1v) is 11.1. The van der Waals surface area contributed by atoms with Crippen molar-refractivity contribution in [2.75, 3.05) is 24.8 Å². The molecule has 0 aliphatic rings. The Morgan fingerprint density at radius 2 is 2.06 bits per heavy atom. The number of fused-ring (bicyclic) bond motifs is 3. The maximum absolute atomic E-state index is 13.5. The second-order valence-electron chi connectivity index (χ2n) is 7.20. The number of thioether (sulfide) groups is 1. The van der Waals surface area contributed by atoms with Gasteiger partial charge in [-0.05, 0) is 30.7 Å². The van der Waals surface area contributed by atoms with Crippen LogP contribution in [0.1, 0.15) is 6.42 Å². The maximum Gasteiger partial charge on any atom is 0.306 e. The molecule has 0 radical (unpaired) electrons. The Hall–Kier alpha value is -3.84. The summed E-state index contributed by atoms with van der Waals surface area (Å²) in [4.78, 5) is 35.5. The van der Waals surface area contributed by atoms with Gasteiger partial charge >= 0.3 is 5.69 Å². The van der Waals surface area contributed by atoms with Crippen LogP contribution in [0.25, 0.3) is 16.7 Å². The van der Waals surface area contributed by atoms with Gasteiger partial charge in [0.2, 0.25) is 17.5 Å². The molecule has 0 unspecified atom stereocenters. The van der Waals surface area contributed by atoms with Gasteiger partial charge in [0.15, 0.2) is 5.16 Å². The molecule has 0 aliphatic carbocycles. The van der Waals surface area contributed by atoms with Crippen LogP contribution in [-0.2, 0) is 16.1 Å². The van der Waals surface area contributed by atoms with Crippen molar-refractivity contribution < 1.29 is 18.8 Å². The zero-order valence-electron chi connectivity index (χ0n) is 17.9. The maximum atomic E-state index is 13.5. The number of amides is 1. The lowest BCUT2D eigenvalue weighted by Gasteiger charge is -2.11. The van der Waals surface area contributed by atoms with E-state index in [4.69, 9.17) is 4.74 Å². The highest BCUT2D eigenvalue weighted by molar-refractivity contribution is 7.99. The molecular formula is C21H19FN6O5S. The number of carbonyl (C=O) groups is 1. The Morgan fingerprint density at radius 1 is 1.26 bits per heavy atom. The SMILES string of the molecule is COCCCn1c(=O)c2ccccc2n2c(SCC(=O)Nc3ccc(F)c([N+](=O)[O-])c3)nnc12. The molecule has 2 aromatic carbocycles. The number of aromatic nitrogens is 4. The van der Waals surface area contributed by atoms with Gasteiger partial charge in [0.05, 0.1) is 21.6 Å². The molecule has 1 N–H and O–H groups in total. The molecule has 1 amide bonds. The number of methoxy groups -OCH3 is 1. The number of nitrogens with zero attached hydrogens (tertiary/aromatic N) is 5. The molecule has 176 valence electrons. The molecule has 0 saturated heterocycles. The fourth-order valence-corrected chi connectivity index (χ4v) is 4.19. The van der Waals surface area contributed by atoms with E-state index in [0.29, 0.717) is 41.4 Å². The molecule has 0 aliphatic heterocycles. The van der Waals surface area contributed by atoms with Crippen LogP contribution in [0.3, 0.4) is 0 Å². The summed E-state index contributed by atoms with van der Waals surface area (Å²) in [5, 5.41) is 22.6. The molecule has 0 bridgehead atoms. The minimum absolute atomic E-state index is 0.0942. The lowest BCUT2D eigenvalue weighted by atomic mass is 10.2. The summed E-state index contributed by atoms with van der Waals surface area (Å²) in [6.45, 7) is 0.858. The zero-order chi connectivity index (χ0) is 24.2. The number of hydrogen-bond acceptors (Lipinski definition) is 8. The summed E-state index contributed by atoms with van der Waals surface area (Å²) >= 11 is 1.08. The molecule has 4 rings (SSSR count). The van der Waals surface area contributed by atoms with Gasteiger partial charge in [-0.2, -0.15) is 4.39 Å². The third-order valence-electron chi connectivity index (χ3n) is 4.97. The summed E-state index contributed by atoms with van der Waals surface area (Å²) in [5.41, 5.74) is -0.222. The minimum atomic E-state index is -0.990. The fourth-order valence-electron chi connectivity index (χ4n) is 3.45. The van der Waals surface area contributed by atoms with Crippen LogP contribution >= 0.6 is 11.8 Å². The van der Waals surface area contributed by atoms with Crippen molar-refractivity contribution in [1.82, 2.24) is 19.2 Å². The molecule has 2 heterocycles. The van der Waals surface area contributed by atoms with Crippen LogP contribution in [0.15, 0.2) is 52.4 Å². The molecule has 0 fully saturated rings. The third kappa shape index (κ3) is 4.61. The van der Waals surface area contributed by atoms with Crippen molar-refractivity contribution in [1.29, 1.82) is 0 Å². The summed E-state index contributed by atoms with van der Waals surface area (Å²) in [6.07, 6.45) is 0.603. The lowest BCUT2D eigenvalue weighted by molar-refractivity contribution is -0.387. The van der Waals surface area contributed by atoms with Gasteiger partial charge in [-0.1, -0.05) is 23.9 Å². The van der Waals surface area contributed by atoms with Crippen LogP contribution in [-0.4, -0.2) is 49.5 Å². The second kappa shape index (κ2) is 9.97. The molecule has 11 nitrogen and oxygen atoms in total. The number of halogens is 1. The Kier molecular flexibility index (Phi) is 6.84. The number of hydrogen-bond donors (Lipinski definition) is 1. The monoisotopic (exact) mass is 486 g/mol. The number of rotatable bonds is 9. The van der Waals surface area contributed by atoms with Crippen molar-refractivity contribution in [2.45, 2.75) is 18.1 Å². The fraction of sp³-hybridized carbons (Fsp3) is 0.238. The molecule has 34 heavy (non-hydrogen) atoms. The molecule has 0 saturated carbocycles. The molecule has 0 atom stereocenters. The van der Waals surface area contributed by atoms with Gasteiger partial charge in [0, 0.05) is 32.0 Å². The predicted molar refractivity (Wildman–Crippen MR) is 124 cm³/mol. The highest BCUT2D eigenvalue weighted by atomic mass is 32.2. The average molecular weight is 486 g/mol. The summed E-state index contributed by atoms with van der Waals surface area (Å²) in [5.74, 6) is -1.21. The average Bonchev–Trinajstić information content (AvgIpc) is 3.25. The standard InChI is InChI=1S/C21H19FN6O5S/c1-33-10-4-9-26-19(30)14-5-2-3-6-16(14)27-20(26)24-25-21(27)34-12-18(29)23-13-7-8-15(22)17(11-13)28(31)32/h2-3,5-8,11H,4,9-10,12H2,1H3,(H,23,29). The number of ether oxygens (including phenoxy) is 1. The summed E-state index contributed by atoms with van der Waals surface area (Å²) in [7, 11) is 1.58. The molecular weight excluding hydrogens is 467 g/mol. The number of nitro groups is 1. The normalized spacial score (nSPS) is 11.2. The summed E-state index contributed by atoms with van der Waals surface area (Å²) in [6, 6.07) is 10.2. The van der Waals surface area contributed by atoms with Crippen LogP contribution in [0.5, 0.6) is 0 Å². The first kappa shape index (κ1) is 23.3. The van der Waals surface area contributed by atoms with E-state index in [-0.39, 0.29) is 17.0 Å². The summed E-state index contributed by atoms with van der Waals surface area (Å²) < 4.78 is 21.8. The van der Waals surface area contributed by atoms with Crippen LogP contribution < -0.4 is 10.9 Å². The number of benzene rings is 2. The van der Waals surface area contributed by atoms with Gasteiger partial charge in [0.1, 0.15) is 0 Å². The first-order valence-electron chi connectivity index (χ1n) is 10.1. The number of nitro benzene ring substituents is 1. The number of para-hydroxylation sites is 1. The Labute approximate surface area is 195 Å². The van der Waals surface area contributed by atoms with E-state index in [9.17, 15) is 24.1 Å². The highest BCUT2D eigenvalue weighted by Crippen LogP contribution is 2.24. The van der Waals surface area contributed by atoms with Crippen molar-refractivity contribution in [2.24, 2.45) is 0 Å². The molecule has 0 spiro atoms. The van der Waals surface area contributed by atoms with E-state index in [1.54, 1.807) is 35.8 Å².